The number of phenolic OH excluding ortho intramolecular Hbond substituents is 1. The van der Waals surface area contributed by atoms with Crippen molar-refractivity contribution in [2.24, 2.45) is 0 Å². The van der Waals surface area contributed by atoms with Gasteiger partial charge in [-0.05, 0) is 29.3 Å². The molecule has 0 radical (unpaired) electrons. The SMILES string of the molecule is C=CCN1C=CC(/C=C/c2ccc(O)cc2)=CC1. The van der Waals surface area contributed by atoms with Crippen molar-refractivity contribution in [3.63, 3.8) is 0 Å². The van der Waals surface area contributed by atoms with E-state index in [9.17, 15) is 5.11 Å². The van der Waals surface area contributed by atoms with Crippen LogP contribution in [0.2, 0.25) is 0 Å². The van der Waals surface area contributed by atoms with E-state index in [-0.39, 0.29) is 0 Å². The number of phenols is 1. The largest absolute Gasteiger partial charge is 0.508 e. The molecule has 0 aromatic heterocycles. The molecule has 0 aliphatic carbocycles. The van der Waals surface area contributed by atoms with E-state index in [1.807, 2.05) is 24.3 Å². The van der Waals surface area contributed by atoms with Crippen LogP contribution in [-0.4, -0.2) is 23.1 Å². The van der Waals surface area contributed by atoms with Gasteiger partial charge in [0.25, 0.3) is 0 Å². The van der Waals surface area contributed by atoms with E-state index in [1.54, 1.807) is 12.1 Å². The molecular formula is C16H17NO. The molecule has 1 aromatic rings. The van der Waals surface area contributed by atoms with E-state index in [2.05, 4.69) is 35.9 Å². The number of hydrogen-bond acceptors (Lipinski definition) is 2. The lowest BCUT2D eigenvalue weighted by Crippen LogP contribution is -2.19. The zero-order valence-corrected chi connectivity index (χ0v) is 10.3. The number of aromatic hydroxyl groups is 1. The van der Waals surface area contributed by atoms with Crippen LogP contribution < -0.4 is 0 Å². The number of rotatable bonds is 4. The summed E-state index contributed by atoms with van der Waals surface area (Å²) in [7, 11) is 0. The van der Waals surface area contributed by atoms with Gasteiger partial charge >= 0.3 is 0 Å². The normalized spacial score (nSPS) is 14.9. The molecule has 0 atom stereocenters. The Bertz CT molecular complexity index is 494. The molecule has 0 fully saturated rings. The van der Waals surface area contributed by atoms with Crippen molar-refractivity contribution < 1.29 is 5.11 Å². The zero-order valence-electron chi connectivity index (χ0n) is 10.3. The second kappa shape index (κ2) is 5.92. The van der Waals surface area contributed by atoms with Crippen LogP contribution in [0.1, 0.15) is 5.56 Å². The van der Waals surface area contributed by atoms with Crippen molar-refractivity contribution in [3.05, 3.63) is 72.5 Å². The van der Waals surface area contributed by atoms with Gasteiger partial charge in [-0.15, -0.1) is 6.58 Å². The first-order valence-electron chi connectivity index (χ1n) is 5.98. The third-order valence-corrected chi connectivity index (χ3v) is 2.76. The molecule has 92 valence electrons. The molecule has 0 saturated carbocycles. The van der Waals surface area contributed by atoms with Gasteiger partial charge in [-0.3, -0.25) is 0 Å². The van der Waals surface area contributed by atoms with Crippen LogP contribution in [-0.2, 0) is 0 Å². The average Bonchev–Trinajstić information content (AvgIpc) is 2.40. The van der Waals surface area contributed by atoms with Crippen molar-refractivity contribution in [2.45, 2.75) is 0 Å². The summed E-state index contributed by atoms with van der Waals surface area (Å²) in [6.07, 6.45) is 12.4. The van der Waals surface area contributed by atoms with Gasteiger partial charge in [-0.1, -0.05) is 36.4 Å². The van der Waals surface area contributed by atoms with Gasteiger partial charge in [0.2, 0.25) is 0 Å². The summed E-state index contributed by atoms with van der Waals surface area (Å²) in [6.45, 7) is 5.52. The maximum Gasteiger partial charge on any atom is 0.115 e. The zero-order chi connectivity index (χ0) is 12.8. The van der Waals surface area contributed by atoms with Crippen molar-refractivity contribution in [2.75, 3.05) is 13.1 Å². The molecule has 0 bridgehead atoms. The molecule has 0 amide bonds. The first-order valence-corrected chi connectivity index (χ1v) is 5.98. The van der Waals surface area contributed by atoms with Crippen LogP contribution in [0.3, 0.4) is 0 Å². The minimum atomic E-state index is 0.295. The Balaban J connectivity index is 1.97. The lowest BCUT2D eigenvalue weighted by atomic mass is 10.1. The van der Waals surface area contributed by atoms with E-state index in [0.717, 1.165) is 18.7 Å². The van der Waals surface area contributed by atoms with Crippen molar-refractivity contribution in [1.82, 2.24) is 4.90 Å². The van der Waals surface area contributed by atoms with Gasteiger partial charge in [-0.25, -0.2) is 0 Å². The van der Waals surface area contributed by atoms with Crippen LogP contribution in [0.15, 0.2) is 66.9 Å². The van der Waals surface area contributed by atoms with E-state index in [0.29, 0.717) is 5.75 Å². The number of allylic oxidation sites excluding steroid dienone is 3. The summed E-state index contributed by atoms with van der Waals surface area (Å²) >= 11 is 0. The summed E-state index contributed by atoms with van der Waals surface area (Å²) < 4.78 is 0. The van der Waals surface area contributed by atoms with Gasteiger partial charge in [0.05, 0.1) is 0 Å². The summed E-state index contributed by atoms with van der Waals surface area (Å²) in [6, 6.07) is 7.17. The quantitative estimate of drug-likeness (QED) is 0.814. The lowest BCUT2D eigenvalue weighted by molar-refractivity contribution is 0.457. The molecule has 0 unspecified atom stereocenters. The van der Waals surface area contributed by atoms with Crippen LogP contribution in [0, 0.1) is 0 Å². The first kappa shape index (κ1) is 12.2. The Labute approximate surface area is 108 Å². The average molecular weight is 239 g/mol. The van der Waals surface area contributed by atoms with Crippen molar-refractivity contribution in [3.8, 4) is 5.75 Å². The van der Waals surface area contributed by atoms with Crippen LogP contribution in [0.25, 0.3) is 6.08 Å². The molecule has 0 spiro atoms. The first-order chi connectivity index (χ1) is 8.78. The van der Waals surface area contributed by atoms with E-state index >= 15 is 0 Å². The molecule has 0 saturated heterocycles. The highest BCUT2D eigenvalue weighted by molar-refractivity contribution is 5.55. The lowest BCUT2D eigenvalue weighted by Gasteiger charge is -2.19. The molecule has 1 heterocycles. The summed E-state index contributed by atoms with van der Waals surface area (Å²) in [5.74, 6) is 0.295. The standard InChI is InChI=1S/C16H17NO/c1-2-11-17-12-9-15(10-13-17)4-3-14-5-7-16(18)8-6-14/h2-10,12,18H,1,11,13H2/b4-3+. The number of nitrogens with zero attached hydrogens (tertiary/aromatic N) is 1. The van der Waals surface area contributed by atoms with Crippen molar-refractivity contribution >= 4 is 6.08 Å². The Morgan fingerprint density at radius 2 is 2.00 bits per heavy atom. The molecule has 1 aromatic carbocycles. The number of hydrogen-bond donors (Lipinski definition) is 1. The fourth-order valence-corrected chi connectivity index (χ4v) is 1.75. The Kier molecular flexibility index (Phi) is 4.02. The molecule has 2 rings (SSSR count). The van der Waals surface area contributed by atoms with Crippen LogP contribution >= 0.6 is 0 Å². The monoisotopic (exact) mass is 239 g/mol. The second-order valence-corrected chi connectivity index (χ2v) is 4.19. The smallest absolute Gasteiger partial charge is 0.115 e. The van der Waals surface area contributed by atoms with E-state index in [4.69, 9.17) is 0 Å². The second-order valence-electron chi connectivity index (χ2n) is 4.19. The summed E-state index contributed by atoms with van der Waals surface area (Å²) in [5, 5.41) is 9.19. The third kappa shape index (κ3) is 3.39. The molecule has 1 aliphatic rings. The van der Waals surface area contributed by atoms with Crippen LogP contribution in [0.4, 0.5) is 0 Å². The Hall–Kier alpha value is -2.22. The molecule has 2 nitrogen and oxygen atoms in total. The predicted octanol–water partition coefficient (Wildman–Crippen LogP) is 3.35. The highest BCUT2D eigenvalue weighted by Gasteiger charge is 2.00. The molecule has 1 N–H and O–H groups in total. The molecule has 1 aliphatic heterocycles. The highest BCUT2D eigenvalue weighted by atomic mass is 16.3. The van der Waals surface area contributed by atoms with Crippen LogP contribution in [0.5, 0.6) is 5.75 Å². The Morgan fingerprint density at radius 1 is 1.22 bits per heavy atom. The maximum atomic E-state index is 9.19. The topological polar surface area (TPSA) is 23.5 Å². The molecule has 2 heteroatoms. The fraction of sp³-hybridized carbons (Fsp3) is 0.125. The van der Waals surface area contributed by atoms with E-state index < -0.39 is 0 Å². The van der Waals surface area contributed by atoms with Gasteiger partial charge in [0.1, 0.15) is 5.75 Å². The fourth-order valence-electron chi connectivity index (χ4n) is 1.75. The van der Waals surface area contributed by atoms with Gasteiger partial charge in [0, 0.05) is 19.3 Å². The molecular weight excluding hydrogens is 222 g/mol. The maximum absolute atomic E-state index is 9.19. The molecule has 18 heavy (non-hydrogen) atoms. The van der Waals surface area contributed by atoms with E-state index in [1.165, 1.54) is 5.57 Å². The summed E-state index contributed by atoms with van der Waals surface area (Å²) in [5.41, 5.74) is 2.28. The predicted molar refractivity (Wildman–Crippen MR) is 76.1 cm³/mol. The van der Waals surface area contributed by atoms with Gasteiger partial charge in [-0.2, -0.15) is 0 Å². The third-order valence-electron chi connectivity index (χ3n) is 2.76. The minimum absolute atomic E-state index is 0.295. The Morgan fingerprint density at radius 3 is 2.61 bits per heavy atom. The van der Waals surface area contributed by atoms with Gasteiger partial charge in [0.15, 0.2) is 0 Å². The van der Waals surface area contributed by atoms with Crippen molar-refractivity contribution in [1.29, 1.82) is 0 Å². The minimum Gasteiger partial charge on any atom is -0.508 e. The highest BCUT2D eigenvalue weighted by Crippen LogP contribution is 2.13. The summed E-state index contributed by atoms with van der Waals surface area (Å²) in [4.78, 5) is 2.19. The van der Waals surface area contributed by atoms with Gasteiger partial charge < -0.3 is 10.0 Å². The number of benzene rings is 1.